The predicted octanol–water partition coefficient (Wildman–Crippen LogP) is 4.07. The molecule has 2 heteroatoms. The summed E-state index contributed by atoms with van der Waals surface area (Å²) in [5.74, 6) is 0.604. The largest absolute Gasteiger partial charge is 0.382 e. The summed E-state index contributed by atoms with van der Waals surface area (Å²) in [7, 11) is 0. The van der Waals surface area contributed by atoms with Crippen molar-refractivity contribution in [3.05, 3.63) is 29.8 Å². The van der Waals surface area contributed by atoms with Gasteiger partial charge in [0.1, 0.15) is 0 Å². The van der Waals surface area contributed by atoms with Gasteiger partial charge in [0.25, 0.3) is 0 Å². The van der Waals surface area contributed by atoms with Crippen LogP contribution >= 0.6 is 0 Å². The average molecular weight is 249 g/mol. The maximum absolute atomic E-state index is 5.58. The van der Waals surface area contributed by atoms with E-state index >= 15 is 0 Å². The summed E-state index contributed by atoms with van der Waals surface area (Å²) in [5.41, 5.74) is 2.74. The number of nitrogens with one attached hydrogen (secondary N) is 1. The van der Waals surface area contributed by atoms with E-state index in [0.717, 1.165) is 19.8 Å². The minimum absolute atomic E-state index is 0.169. The van der Waals surface area contributed by atoms with Crippen LogP contribution in [0.15, 0.2) is 24.3 Å². The van der Waals surface area contributed by atoms with E-state index in [2.05, 4.69) is 64.2 Å². The summed E-state index contributed by atoms with van der Waals surface area (Å²) in [6.07, 6.45) is 0. The van der Waals surface area contributed by atoms with Gasteiger partial charge in [0, 0.05) is 18.8 Å². The first kappa shape index (κ1) is 15.0. The van der Waals surface area contributed by atoms with Crippen molar-refractivity contribution in [1.82, 2.24) is 0 Å². The molecule has 0 unspecified atom stereocenters. The van der Waals surface area contributed by atoms with E-state index in [4.69, 9.17) is 4.74 Å². The molecule has 0 amide bonds. The molecule has 0 heterocycles. The van der Waals surface area contributed by atoms with Gasteiger partial charge in [0.15, 0.2) is 0 Å². The van der Waals surface area contributed by atoms with E-state index in [1.165, 1.54) is 11.3 Å². The number of para-hydroxylation sites is 1. The number of anilines is 1. The van der Waals surface area contributed by atoms with Gasteiger partial charge >= 0.3 is 0 Å². The highest BCUT2D eigenvalue weighted by Gasteiger charge is 2.16. The van der Waals surface area contributed by atoms with Crippen molar-refractivity contribution in [3.8, 4) is 0 Å². The lowest BCUT2D eigenvalue weighted by molar-refractivity contribution is 0.118. The van der Waals surface area contributed by atoms with Crippen LogP contribution in [0.25, 0.3) is 0 Å². The molecule has 0 aliphatic rings. The lowest BCUT2D eigenvalue weighted by atomic mass is 9.86. The molecule has 1 aromatic carbocycles. The summed E-state index contributed by atoms with van der Waals surface area (Å²) in [6, 6.07) is 8.51. The average Bonchev–Trinajstić information content (AvgIpc) is 2.27. The van der Waals surface area contributed by atoms with Crippen LogP contribution in [0.2, 0.25) is 0 Å². The van der Waals surface area contributed by atoms with Gasteiger partial charge in [0.05, 0.1) is 6.61 Å². The van der Waals surface area contributed by atoms with Gasteiger partial charge in [-0.3, -0.25) is 0 Å². The number of rotatable bonds is 6. The Morgan fingerprint density at radius 3 is 2.44 bits per heavy atom. The summed E-state index contributed by atoms with van der Waals surface area (Å²) in [5, 5.41) is 3.47. The van der Waals surface area contributed by atoms with Gasteiger partial charge in [-0.1, -0.05) is 52.8 Å². The van der Waals surface area contributed by atoms with Crippen LogP contribution in [0.5, 0.6) is 0 Å². The van der Waals surface area contributed by atoms with Crippen molar-refractivity contribution >= 4 is 5.69 Å². The molecule has 0 spiro atoms. The highest BCUT2D eigenvalue weighted by molar-refractivity contribution is 5.54. The van der Waals surface area contributed by atoms with Crippen molar-refractivity contribution in [2.45, 2.75) is 40.0 Å². The normalized spacial score (nSPS) is 11.9. The molecule has 0 aliphatic carbocycles. The Morgan fingerprint density at radius 1 is 1.17 bits per heavy atom. The van der Waals surface area contributed by atoms with Crippen LogP contribution in [0, 0.1) is 5.92 Å². The molecular weight excluding hydrogens is 222 g/mol. The third kappa shape index (κ3) is 5.09. The Labute approximate surface area is 112 Å². The highest BCUT2D eigenvalue weighted by Crippen LogP contribution is 2.28. The fraction of sp³-hybridized carbons (Fsp3) is 0.625. The quantitative estimate of drug-likeness (QED) is 0.767. The predicted molar refractivity (Wildman–Crippen MR) is 79.3 cm³/mol. The first-order chi connectivity index (χ1) is 8.41. The second-order valence-electron chi connectivity index (χ2n) is 6.19. The maximum atomic E-state index is 5.58. The van der Waals surface area contributed by atoms with Crippen molar-refractivity contribution < 1.29 is 4.74 Å². The molecule has 1 N–H and O–H groups in total. The lowest BCUT2D eigenvalue weighted by Gasteiger charge is -2.23. The van der Waals surface area contributed by atoms with Gasteiger partial charge in [-0.15, -0.1) is 0 Å². The molecule has 1 rings (SSSR count). The fourth-order valence-corrected chi connectivity index (χ4v) is 1.87. The minimum atomic E-state index is 0.169. The van der Waals surface area contributed by atoms with Gasteiger partial charge in [0.2, 0.25) is 0 Å². The van der Waals surface area contributed by atoms with E-state index in [-0.39, 0.29) is 5.41 Å². The third-order valence-electron chi connectivity index (χ3n) is 2.75. The molecule has 0 radical (unpaired) electrons. The van der Waals surface area contributed by atoms with Crippen molar-refractivity contribution in [2.75, 3.05) is 25.1 Å². The SMILES string of the molecule is CC(C)COCCNc1ccccc1C(C)(C)C. The van der Waals surface area contributed by atoms with Crippen LogP contribution in [0.3, 0.4) is 0 Å². The Morgan fingerprint density at radius 2 is 1.83 bits per heavy atom. The zero-order valence-corrected chi connectivity index (χ0v) is 12.4. The second kappa shape index (κ2) is 6.79. The summed E-state index contributed by atoms with van der Waals surface area (Å²) < 4.78 is 5.58. The third-order valence-corrected chi connectivity index (χ3v) is 2.75. The summed E-state index contributed by atoms with van der Waals surface area (Å²) in [6.45, 7) is 13.5. The molecule has 0 saturated carbocycles. The zero-order valence-electron chi connectivity index (χ0n) is 12.4. The molecule has 0 bridgehead atoms. The molecule has 0 atom stereocenters. The molecule has 1 aromatic rings. The first-order valence-electron chi connectivity index (χ1n) is 6.82. The zero-order chi connectivity index (χ0) is 13.6. The Balaban J connectivity index is 2.47. The van der Waals surface area contributed by atoms with Crippen LogP contribution in [-0.4, -0.2) is 19.8 Å². The van der Waals surface area contributed by atoms with Crippen LogP contribution in [0.1, 0.15) is 40.2 Å². The lowest BCUT2D eigenvalue weighted by Crippen LogP contribution is -2.17. The summed E-state index contributed by atoms with van der Waals surface area (Å²) >= 11 is 0. The molecular formula is C16H27NO. The van der Waals surface area contributed by atoms with E-state index < -0.39 is 0 Å². The van der Waals surface area contributed by atoms with Crippen LogP contribution in [-0.2, 0) is 10.2 Å². The van der Waals surface area contributed by atoms with Crippen LogP contribution in [0.4, 0.5) is 5.69 Å². The Bertz CT molecular complexity index is 352. The molecule has 0 aromatic heterocycles. The molecule has 0 aliphatic heterocycles. The first-order valence-corrected chi connectivity index (χ1v) is 6.82. The van der Waals surface area contributed by atoms with Gasteiger partial charge < -0.3 is 10.1 Å². The van der Waals surface area contributed by atoms with Gasteiger partial charge in [-0.2, -0.15) is 0 Å². The number of hydrogen-bond acceptors (Lipinski definition) is 2. The second-order valence-corrected chi connectivity index (χ2v) is 6.19. The monoisotopic (exact) mass is 249 g/mol. The fourth-order valence-electron chi connectivity index (χ4n) is 1.87. The molecule has 2 nitrogen and oxygen atoms in total. The van der Waals surface area contributed by atoms with Gasteiger partial charge in [-0.25, -0.2) is 0 Å². The van der Waals surface area contributed by atoms with Crippen molar-refractivity contribution in [3.63, 3.8) is 0 Å². The maximum Gasteiger partial charge on any atom is 0.0639 e. The number of hydrogen-bond donors (Lipinski definition) is 1. The van der Waals surface area contributed by atoms with Crippen molar-refractivity contribution in [1.29, 1.82) is 0 Å². The minimum Gasteiger partial charge on any atom is -0.382 e. The van der Waals surface area contributed by atoms with E-state index in [1.807, 2.05) is 0 Å². The topological polar surface area (TPSA) is 21.3 Å². The smallest absolute Gasteiger partial charge is 0.0639 e. The van der Waals surface area contributed by atoms with Crippen LogP contribution < -0.4 is 5.32 Å². The van der Waals surface area contributed by atoms with E-state index in [9.17, 15) is 0 Å². The molecule has 102 valence electrons. The molecule has 0 fully saturated rings. The van der Waals surface area contributed by atoms with E-state index in [0.29, 0.717) is 5.92 Å². The number of ether oxygens (including phenoxy) is 1. The molecule has 18 heavy (non-hydrogen) atoms. The molecule has 0 saturated heterocycles. The summed E-state index contributed by atoms with van der Waals surface area (Å²) in [4.78, 5) is 0. The Kier molecular flexibility index (Phi) is 5.67. The van der Waals surface area contributed by atoms with Crippen molar-refractivity contribution in [2.24, 2.45) is 5.92 Å². The Hall–Kier alpha value is -1.02. The van der Waals surface area contributed by atoms with Gasteiger partial charge in [-0.05, 0) is 23.0 Å². The highest BCUT2D eigenvalue weighted by atomic mass is 16.5. The van der Waals surface area contributed by atoms with E-state index in [1.54, 1.807) is 0 Å². The number of benzene rings is 1. The standard InChI is InChI=1S/C16H27NO/c1-13(2)12-18-11-10-17-15-9-7-6-8-14(15)16(3,4)5/h6-9,13,17H,10-12H2,1-5H3.